The minimum absolute atomic E-state index is 0.0121. The van der Waals surface area contributed by atoms with E-state index in [1.54, 1.807) is 0 Å². The molecule has 3 heterocycles. The minimum Gasteiger partial charge on any atom is -0.352 e. The topological polar surface area (TPSA) is 93.9 Å². The van der Waals surface area contributed by atoms with Crippen molar-refractivity contribution >= 4 is 29.0 Å². The zero-order chi connectivity index (χ0) is 20.7. The van der Waals surface area contributed by atoms with E-state index in [0.717, 1.165) is 43.6 Å². The van der Waals surface area contributed by atoms with Gasteiger partial charge in [0.25, 0.3) is 0 Å². The number of hydrogen-bond acceptors (Lipinski definition) is 6. The van der Waals surface area contributed by atoms with E-state index in [-0.39, 0.29) is 17.2 Å². The summed E-state index contributed by atoms with van der Waals surface area (Å²) in [6.07, 6.45) is 3.70. The number of rotatable bonds is 2. The molecule has 2 aliphatic heterocycles. The number of fused-ring (bicyclic) bond motifs is 3. The van der Waals surface area contributed by atoms with Crippen molar-refractivity contribution < 1.29 is 4.79 Å². The van der Waals surface area contributed by atoms with Crippen LogP contribution in [-0.2, 0) is 23.1 Å². The third-order valence-corrected chi connectivity index (χ3v) is 6.72. The molecular formula is C22H23ClN6O. The predicted molar refractivity (Wildman–Crippen MR) is 115 cm³/mol. The molecule has 2 atom stereocenters. The summed E-state index contributed by atoms with van der Waals surface area (Å²) in [5.41, 5.74) is 3.19. The number of anilines is 2. The van der Waals surface area contributed by atoms with E-state index in [2.05, 4.69) is 43.7 Å². The summed E-state index contributed by atoms with van der Waals surface area (Å²) in [6.45, 7) is 2.11. The van der Waals surface area contributed by atoms with Crippen LogP contribution in [0.25, 0.3) is 0 Å². The quantitative estimate of drug-likeness (QED) is 0.722. The van der Waals surface area contributed by atoms with E-state index in [9.17, 15) is 4.79 Å². The van der Waals surface area contributed by atoms with Crippen molar-refractivity contribution in [1.29, 1.82) is 5.26 Å². The highest BCUT2D eigenvalue weighted by molar-refractivity contribution is 6.28. The molecule has 154 valence electrons. The van der Waals surface area contributed by atoms with Crippen LogP contribution >= 0.6 is 11.6 Å². The maximum absolute atomic E-state index is 13.5. The lowest BCUT2D eigenvalue weighted by atomic mass is 9.65. The number of nitrogens with one attached hydrogen (secondary N) is 2. The van der Waals surface area contributed by atoms with Crippen molar-refractivity contribution in [3.8, 4) is 6.07 Å². The first kappa shape index (κ1) is 19.3. The van der Waals surface area contributed by atoms with Gasteiger partial charge in [0, 0.05) is 32.1 Å². The summed E-state index contributed by atoms with van der Waals surface area (Å²) in [7, 11) is 0. The highest BCUT2D eigenvalue weighted by atomic mass is 35.5. The van der Waals surface area contributed by atoms with Gasteiger partial charge in [-0.1, -0.05) is 24.3 Å². The van der Waals surface area contributed by atoms with Gasteiger partial charge in [-0.3, -0.25) is 4.79 Å². The Labute approximate surface area is 180 Å². The average molecular weight is 423 g/mol. The molecule has 1 aliphatic carbocycles. The van der Waals surface area contributed by atoms with Crippen LogP contribution < -0.4 is 15.5 Å². The Morgan fingerprint density at radius 1 is 1.33 bits per heavy atom. The van der Waals surface area contributed by atoms with Crippen LogP contribution in [0, 0.1) is 11.3 Å². The van der Waals surface area contributed by atoms with Crippen molar-refractivity contribution in [1.82, 2.24) is 15.3 Å². The number of carbonyl (C=O) groups excluding carboxylic acids is 1. The first-order valence-corrected chi connectivity index (χ1v) is 10.8. The Morgan fingerprint density at radius 2 is 2.20 bits per heavy atom. The molecule has 1 aromatic heterocycles. The van der Waals surface area contributed by atoms with E-state index < -0.39 is 5.41 Å². The third kappa shape index (κ3) is 3.11. The fourth-order valence-electron chi connectivity index (χ4n) is 5.15. The maximum atomic E-state index is 13.5. The molecule has 1 spiro atoms. The van der Waals surface area contributed by atoms with E-state index >= 15 is 0 Å². The van der Waals surface area contributed by atoms with E-state index in [0.29, 0.717) is 30.9 Å². The summed E-state index contributed by atoms with van der Waals surface area (Å²) < 4.78 is 0. The van der Waals surface area contributed by atoms with Crippen LogP contribution in [0.3, 0.4) is 0 Å². The molecule has 7 nitrogen and oxygen atoms in total. The summed E-state index contributed by atoms with van der Waals surface area (Å²) in [5.74, 6) is 0.666. The normalized spacial score (nSPS) is 25.3. The Hall–Kier alpha value is -2.69. The summed E-state index contributed by atoms with van der Waals surface area (Å²) in [5, 5.41) is 15.7. The van der Waals surface area contributed by atoms with Gasteiger partial charge in [0.15, 0.2) is 5.82 Å². The molecule has 1 fully saturated rings. The van der Waals surface area contributed by atoms with Crippen LogP contribution in [0.2, 0.25) is 5.28 Å². The van der Waals surface area contributed by atoms with Crippen LogP contribution in [-0.4, -0.2) is 41.6 Å². The lowest BCUT2D eigenvalue weighted by Crippen LogP contribution is -2.52. The van der Waals surface area contributed by atoms with Crippen LogP contribution in [0.5, 0.6) is 0 Å². The molecule has 1 amide bonds. The number of amides is 1. The number of nitrogens with zero attached hydrogens (tertiary/aromatic N) is 4. The lowest BCUT2D eigenvalue weighted by molar-refractivity contribution is -0.122. The maximum Gasteiger partial charge on any atom is 0.235 e. The van der Waals surface area contributed by atoms with E-state index in [4.69, 9.17) is 16.9 Å². The smallest absolute Gasteiger partial charge is 0.235 e. The summed E-state index contributed by atoms with van der Waals surface area (Å²) >= 11 is 6.33. The second kappa shape index (κ2) is 7.53. The number of aromatic nitrogens is 2. The van der Waals surface area contributed by atoms with Crippen molar-refractivity contribution in [3.63, 3.8) is 0 Å². The zero-order valence-electron chi connectivity index (χ0n) is 16.6. The first-order valence-electron chi connectivity index (χ1n) is 10.4. The van der Waals surface area contributed by atoms with Gasteiger partial charge in [0.05, 0.1) is 23.6 Å². The van der Waals surface area contributed by atoms with Crippen molar-refractivity contribution in [2.75, 3.05) is 29.9 Å². The standard InChI is InChI=1S/C22H23ClN6O/c23-21-26-17-12-22(8-3-5-14-4-1-2-6-16(14)22)20(30)27-18(17)19(28-21)29-11-10-25-15(13-29)7-9-24/h1-2,4,6,15,25H,3,5,7-8,10-13H2,(H,27,30). The molecule has 0 bridgehead atoms. The Balaban J connectivity index is 1.55. The fourth-order valence-corrected chi connectivity index (χ4v) is 5.34. The van der Waals surface area contributed by atoms with Gasteiger partial charge in [0.2, 0.25) is 11.2 Å². The largest absolute Gasteiger partial charge is 0.352 e. The average Bonchev–Trinajstić information content (AvgIpc) is 2.75. The number of piperazine rings is 1. The number of hydrogen-bond donors (Lipinski definition) is 2. The highest BCUT2D eigenvalue weighted by Crippen LogP contribution is 2.46. The van der Waals surface area contributed by atoms with Gasteiger partial charge in [0.1, 0.15) is 5.69 Å². The van der Waals surface area contributed by atoms with Crippen LogP contribution in [0.1, 0.15) is 36.1 Å². The molecule has 2 aromatic rings. The van der Waals surface area contributed by atoms with Gasteiger partial charge >= 0.3 is 0 Å². The number of carbonyl (C=O) groups is 1. The number of benzene rings is 1. The summed E-state index contributed by atoms with van der Waals surface area (Å²) in [4.78, 5) is 24.6. The Bertz CT molecular complexity index is 1050. The molecule has 1 aromatic carbocycles. The molecule has 5 rings (SSSR count). The zero-order valence-corrected chi connectivity index (χ0v) is 17.4. The number of halogens is 1. The predicted octanol–water partition coefficient (Wildman–Crippen LogP) is 2.59. The second-order valence-electron chi connectivity index (χ2n) is 8.32. The van der Waals surface area contributed by atoms with Gasteiger partial charge in [-0.05, 0) is 42.0 Å². The highest BCUT2D eigenvalue weighted by Gasteiger charge is 2.48. The third-order valence-electron chi connectivity index (χ3n) is 6.56. The van der Waals surface area contributed by atoms with Crippen LogP contribution in [0.4, 0.5) is 11.5 Å². The molecule has 30 heavy (non-hydrogen) atoms. The molecule has 3 aliphatic rings. The van der Waals surface area contributed by atoms with Gasteiger partial charge < -0.3 is 15.5 Å². The van der Waals surface area contributed by atoms with E-state index in [1.807, 2.05) is 12.1 Å². The minimum atomic E-state index is -0.608. The molecular weight excluding hydrogens is 400 g/mol. The van der Waals surface area contributed by atoms with Gasteiger partial charge in [-0.25, -0.2) is 4.98 Å². The molecule has 0 saturated carbocycles. The van der Waals surface area contributed by atoms with Crippen molar-refractivity contribution in [2.24, 2.45) is 0 Å². The van der Waals surface area contributed by atoms with Crippen molar-refractivity contribution in [3.05, 3.63) is 46.4 Å². The van der Waals surface area contributed by atoms with Crippen molar-refractivity contribution in [2.45, 2.75) is 43.6 Å². The van der Waals surface area contributed by atoms with Gasteiger partial charge in [-0.2, -0.15) is 10.2 Å². The number of nitriles is 1. The molecule has 1 saturated heterocycles. The van der Waals surface area contributed by atoms with E-state index in [1.165, 1.54) is 5.56 Å². The lowest BCUT2D eigenvalue weighted by Gasteiger charge is -2.42. The molecule has 8 heteroatoms. The SMILES string of the molecule is N#CCC1CN(c2nc(Cl)nc3c2NC(=O)C2(CCCc4ccccc42)C3)CCN1. The first-order chi connectivity index (χ1) is 14.6. The summed E-state index contributed by atoms with van der Waals surface area (Å²) in [6, 6.07) is 10.5. The number of aryl methyl sites for hydroxylation is 1. The molecule has 2 unspecified atom stereocenters. The Morgan fingerprint density at radius 3 is 3.07 bits per heavy atom. The molecule has 2 N–H and O–H groups in total. The monoisotopic (exact) mass is 422 g/mol. The Kier molecular flexibility index (Phi) is 4.84. The van der Waals surface area contributed by atoms with Gasteiger partial charge in [-0.15, -0.1) is 0 Å². The fraction of sp³-hybridized carbons (Fsp3) is 0.455. The second-order valence-corrected chi connectivity index (χ2v) is 8.66. The molecule has 0 radical (unpaired) electrons. The van der Waals surface area contributed by atoms with Crippen LogP contribution in [0.15, 0.2) is 24.3 Å².